The number of nitriles is 1. The Morgan fingerprint density at radius 2 is 1.38 bits per heavy atom. The van der Waals surface area contributed by atoms with Gasteiger partial charge in [-0.15, -0.1) is 4.95 Å². The minimum atomic E-state index is -5.05. The van der Waals surface area contributed by atoms with Crippen LogP contribution in [0.3, 0.4) is 0 Å². The number of aliphatic imine (C=N–C) groups is 1. The molecule has 1 aliphatic carbocycles. The summed E-state index contributed by atoms with van der Waals surface area (Å²) in [6.07, 6.45) is -8.17. The zero-order valence-corrected chi connectivity index (χ0v) is 16.6. The standard InChI is InChI=1S/C22H8F6N6/c1-30-34-17-14-5-3-2-4-13(14)16(31-10-29)18-19(17)33-20(22(26,27)28)15(32-18)11-6-8-12(9-7-11)21(23,24)25/h2-9H/b31-16?,34-17+. The molecule has 4 rings (SSSR count). The Kier molecular flexibility index (Phi) is 5.37. The lowest BCUT2D eigenvalue weighted by molar-refractivity contribution is -0.141. The first-order chi connectivity index (χ1) is 16.1. The van der Waals surface area contributed by atoms with E-state index in [-0.39, 0.29) is 33.8 Å². The van der Waals surface area contributed by atoms with Gasteiger partial charge in [-0.05, 0) is 12.1 Å². The molecule has 168 valence electrons. The van der Waals surface area contributed by atoms with Crippen LogP contribution in [0.25, 0.3) is 16.2 Å². The Balaban J connectivity index is 2.06. The third kappa shape index (κ3) is 3.86. The van der Waals surface area contributed by atoms with Gasteiger partial charge in [-0.25, -0.2) is 9.97 Å². The second-order valence-electron chi connectivity index (χ2n) is 6.85. The molecule has 6 nitrogen and oxygen atoms in total. The molecule has 0 bridgehead atoms. The Labute approximate surface area is 187 Å². The fraction of sp³-hybridized carbons (Fsp3) is 0.0909. The van der Waals surface area contributed by atoms with E-state index in [4.69, 9.17) is 11.8 Å². The first kappa shape index (κ1) is 22.6. The summed E-state index contributed by atoms with van der Waals surface area (Å²) in [5, 5.41) is 12.8. The van der Waals surface area contributed by atoms with E-state index < -0.39 is 35.0 Å². The van der Waals surface area contributed by atoms with Gasteiger partial charge in [0.1, 0.15) is 22.8 Å². The smallest absolute Gasteiger partial charge is 0.241 e. The summed E-state index contributed by atoms with van der Waals surface area (Å²) in [6, 6.07) is 9.09. The van der Waals surface area contributed by atoms with E-state index in [9.17, 15) is 26.3 Å². The highest BCUT2D eigenvalue weighted by Gasteiger charge is 2.41. The van der Waals surface area contributed by atoms with Crippen molar-refractivity contribution in [3.63, 3.8) is 0 Å². The maximum Gasteiger partial charge on any atom is 0.435 e. The van der Waals surface area contributed by atoms with Crippen molar-refractivity contribution in [2.24, 2.45) is 10.1 Å². The average Bonchev–Trinajstić information content (AvgIpc) is 2.79. The molecule has 0 saturated heterocycles. The van der Waals surface area contributed by atoms with Crippen LogP contribution in [0.5, 0.6) is 0 Å². The molecule has 1 heterocycles. The van der Waals surface area contributed by atoms with E-state index in [2.05, 4.69) is 25.0 Å². The van der Waals surface area contributed by atoms with Gasteiger partial charge in [0.15, 0.2) is 11.4 Å². The molecular formula is C22H8F6N6. The number of nitrogens with zero attached hydrogens (tertiary/aromatic N) is 6. The second kappa shape index (κ2) is 8.08. The molecule has 1 aromatic heterocycles. The highest BCUT2D eigenvalue weighted by atomic mass is 19.4. The summed E-state index contributed by atoms with van der Waals surface area (Å²) in [4.78, 5) is 14.3. The largest absolute Gasteiger partial charge is 0.435 e. The fourth-order valence-corrected chi connectivity index (χ4v) is 3.45. The number of alkyl halides is 6. The van der Waals surface area contributed by atoms with Crippen molar-refractivity contribution >= 4 is 11.4 Å². The van der Waals surface area contributed by atoms with Gasteiger partial charge in [-0.2, -0.15) is 43.2 Å². The lowest BCUT2D eigenvalue weighted by Gasteiger charge is -2.22. The molecule has 0 N–H and O–H groups in total. The molecule has 0 atom stereocenters. The number of benzene rings is 2. The van der Waals surface area contributed by atoms with E-state index >= 15 is 0 Å². The minimum absolute atomic E-state index is 0.105. The normalized spacial score (nSPS) is 15.4. The van der Waals surface area contributed by atoms with E-state index in [1.807, 2.05) is 0 Å². The van der Waals surface area contributed by atoms with Crippen molar-refractivity contribution in [1.29, 1.82) is 5.26 Å². The summed E-state index contributed by atoms with van der Waals surface area (Å²) in [5.41, 5.74) is -4.06. The Bertz CT molecular complexity index is 1440. The van der Waals surface area contributed by atoms with Crippen molar-refractivity contribution in [3.05, 3.63) is 93.8 Å². The van der Waals surface area contributed by atoms with Crippen LogP contribution in [0, 0.1) is 18.0 Å². The fourth-order valence-electron chi connectivity index (χ4n) is 3.45. The molecular weight excluding hydrogens is 462 g/mol. The first-order valence-corrected chi connectivity index (χ1v) is 9.25. The van der Waals surface area contributed by atoms with Crippen LogP contribution in [0.15, 0.2) is 58.6 Å². The molecule has 0 fully saturated rings. The highest BCUT2D eigenvalue weighted by Crippen LogP contribution is 2.38. The van der Waals surface area contributed by atoms with Crippen molar-refractivity contribution in [2.45, 2.75) is 12.4 Å². The van der Waals surface area contributed by atoms with Crippen molar-refractivity contribution in [1.82, 2.24) is 9.97 Å². The van der Waals surface area contributed by atoms with Crippen LogP contribution in [0.4, 0.5) is 26.3 Å². The molecule has 2 aromatic carbocycles. The summed E-state index contributed by atoms with van der Waals surface area (Å²) in [7, 11) is 0. The predicted octanol–water partition coefficient (Wildman–Crippen LogP) is 5.48. The summed E-state index contributed by atoms with van der Waals surface area (Å²) < 4.78 is 80.6. The van der Waals surface area contributed by atoms with Gasteiger partial charge in [-0.3, -0.25) is 0 Å². The SMILES string of the molecule is [C-]#[N+]/N=C1\c2ccccc2C(=NC#N)c2nc(-c3ccc(C(F)(F)F)cc3)c(C(F)(F)F)nc21. The van der Waals surface area contributed by atoms with Gasteiger partial charge in [0.25, 0.3) is 0 Å². The lowest BCUT2D eigenvalue weighted by atomic mass is 9.88. The molecule has 3 aromatic rings. The zero-order chi connectivity index (χ0) is 24.7. The summed E-state index contributed by atoms with van der Waals surface area (Å²) in [5.74, 6) is 0. The van der Waals surface area contributed by atoms with Crippen molar-refractivity contribution in [3.8, 4) is 17.5 Å². The Morgan fingerprint density at radius 1 is 0.794 bits per heavy atom. The summed E-state index contributed by atoms with van der Waals surface area (Å²) >= 11 is 0. The van der Waals surface area contributed by atoms with Crippen LogP contribution in [-0.2, 0) is 12.4 Å². The third-order valence-corrected chi connectivity index (χ3v) is 4.85. The number of fused-ring (bicyclic) bond motifs is 2. The van der Waals surface area contributed by atoms with Crippen LogP contribution in [0.1, 0.15) is 33.8 Å². The second-order valence-corrected chi connectivity index (χ2v) is 6.85. The molecule has 1 aliphatic rings. The van der Waals surface area contributed by atoms with Gasteiger partial charge >= 0.3 is 12.4 Å². The lowest BCUT2D eigenvalue weighted by Crippen LogP contribution is -2.27. The molecule has 0 amide bonds. The topological polar surface area (TPSA) is 78.6 Å². The van der Waals surface area contributed by atoms with Gasteiger partial charge in [0.05, 0.1) is 10.7 Å². The number of halogens is 6. The number of rotatable bonds is 1. The zero-order valence-electron chi connectivity index (χ0n) is 16.6. The Hall–Kier alpha value is -4.58. The monoisotopic (exact) mass is 470 g/mol. The molecule has 0 aliphatic heterocycles. The van der Waals surface area contributed by atoms with E-state index in [1.54, 1.807) is 18.3 Å². The first-order valence-electron chi connectivity index (χ1n) is 9.25. The van der Waals surface area contributed by atoms with Crippen molar-refractivity contribution < 1.29 is 26.3 Å². The molecule has 0 radical (unpaired) electrons. The summed E-state index contributed by atoms with van der Waals surface area (Å²) in [6.45, 7) is 7.07. The third-order valence-electron chi connectivity index (χ3n) is 4.85. The van der Waals surface area contributed by atoms with Crippen LogP contribution < -0.4 is 0 Å². The van der Waals surface area contributed by atoms with Crippen molar-refractivity contribution in [2.75, 3.05) is 0 Å². The van der Waals surface area contributed by atoms with Gasteiger partial charge in [0.2, 0.25) is 6.19 Å². The molecule has 0 saturated carbocycles. The maximum absolute atomic E-state index is 14.0. The maximum atomic E-state index is 14.0. The van der Waals surface area contributed by atoms with Crippen LogP contribution in [0.2, 0.25) is 0 Å². The minimum Gasteiger partial charge on any atom is -0.241 e. The Morgan fingerprint density at radius 3 is 1.91 bits per heavy atom. The van der Waals surface area contributed by atoms with Crippen LogP contribution in [-0.4, -0.2) is 21.4 Å². The quantitative estimate of drug-likeness (QED) is 0.160. The number of aromatic nitrogens is 2. The van der Waals surface area contributed by atoms with E-state index in [0.29, 0.717) is 12.1 Å². The van der Waals surface area contributed by atoms with Gasteiger partial charge in [0, 0.05) is 16.7 Å². The predicted molar refractivity (Wildman–Crippen MR) is 107 cm³/mol. The van der Waals surface area contributed by atoms with E-state index in [0.717, 1.165) is 12.1 Å². The van der Waals surface area contributed by atoms with Gasteiger partial charge in [-0.1, -0.05) is 36.4 Å². The number of hydrogen-bond donors (Lipinski definition) is 0. The average molecular weight is 470 g/mol. The molecule has 12 heteroatoms. The molecule has 0 spiro atoms. The molecule has 34 heavy (non-hydrogen) atoms. The van der Waals surface area contributed by atoms with Gasteiger partial charge < -0.3 is 0 Å². The highest BCUT2D eigenvalue weighted by molar-refractivity contribution is 6.30. The van der Waals surface area contributed by atoms with Crippen LogP contribution >= 0.6 is 0 Å². The molecule has 0 unspecified atom stereocenters. The number of hydrogen-bond acceptors (Lipinski definition) is 5. The van der Waals surface area contributed by atoms with E-state index in [1.165, 1.54) is 12.1 Å².